The van der Waals surface area contributed by atoms with Gasteiger partial charge in [-0.15, -0.1) is 0 Å². The van der Waals surface area contributed by atoms with E-state index in [2.05, 4.69) is 28.7 Å². The second kappa shape index (κ2) is 10.0. The number of sulfonamides is 1. The van der Waals surface area contributed by atoms with Crippen molar-refractivity contribution < 1.29 is 18.0 Å². The predicted octanol–water partition coefficient (Wildman–Crippen LogP) is 4.83. The van der Waals surface area contributed by atoms with Crippen LogP contribution in [-0.4, -0.2) is 44.3 Å². The van der Waals surface area contributed by atoms with E-state index in [9.17, 15) is 18.0 Å². The Hall–Kier alpha value is -3.85. The monoisotopic (exact) mass is 539 g/mol. The van der Waals surface area contributed by atoms with Crippen LogP contribution < -0.4 is 9.62 Å². The number of carbonyl (C=O) groups is 2. The molecule has 0 bridgehead atoms. The minimum atomic E-state index is -3.87. The van der Waals surface area contributed by atoms with E-state index < -0.39 is 21.8 Å². The maximum atomic E-state index is 13.7. The molecule has 6 rings (SSSR count). The number of carbonyl (C=O) groups excluding carboxylic acids is 2. The van der Waals surface area contributed by atoms with Gasteiger partial charge >= 0.3 is 0 Å². The van der Waals surface area contributed by atoms with Crippen molar-refractivity contribution in [3.8, 4) is 0 Å². The lowest BCUT2D eigenvalue weighted by molar-refractivity contribution is 0.0926. The van der Waals surface area contributed by atoms with Gasteiger partial charge in [0, 0.05) is 36.4 Å². The number of nitrogens with one attached hydrogen (secondary N) is 1. The Morgan fingerprint density at radius 1 is 0.795 bits per heavy atom. The molecule has 0 aromatic heterocycles. The molecule has 0 unspecified atom stereocenters. The maximum absolute atomic E-state index is 13.7. The van der Waals surface area contributed by atoms with E-state index in [4.69, 9.17) is 0 Å². The first-order chi connectivity index (χ1) is 18.8. The number of hydrogen-bond donors (Lipinski definition) is 1. The third-order valence-electron chi connectivity index (χ3n) is 7.73. The molecule has 1 fully saturated rings. The summed E-state index contributed by atoms with van der Waals surface area (Å²) in [5.41, 5.74) is 2.31. The molecule has 2 aliphatic rings. The fourth-order valence-electron chi connectivity index (χ4n) is 5.75. The average Bonchev–Trinajstić information content (AvgIpc) is 3.19. The lowest BCUT2D eigenvalue weighted by Crippen LogP contribution is -2.49. The standard InChI is InChI=1S/C31H29N3O4S/c1-21-19-33(20-22-9-3-2-4-10-22)18-17-27(21)32-39(37,38)29-16-15-28(23-11-5-6-12-24(23)29)34-30(35)25-13-7-8-14-26(25)31(34)36/h2-16,21,27,32H,17-20H2,1H3/t21-,27+/m1/s1. The molecule has 4 aromatic rings. The Morgan fingerprint density at radius 3 is 2.08 bits per heavy atom. The second-order valence-electron chi connectivity index (χ2n) is 10.3. The molecule has 4 aromatic carbocycles. The molecule has 0 aliphatic carbocycles. The molecule has 198 valence electrons. The van der Waals surface area contributed by atoms with Crippen molar-refractivity contribution in [2.24, 2.45) is 5.92 Å². The number of amides is 2. The minimum absolute atomic E-state index is 0.126. The second-order valence-corrected chi connectivity index (χ2v) is 12.0. The Balaban J connectivity index is 1.26. The molecule has 7 nitrogen and oxygen atoms in total. The van der Waals surface area contributed by atoms with Crippen LogP contribution in [-0.2, 0) is 16.6 Å². The molecule has 2 aliphatic heterocycles. The van der Waals surface area contributed by atoms with Crippen LogP contribution in [0.25, 0.3) is 10.8 Å². The summed E-state index contributed by atoms with van der Waals surface area (Å²) in [5, 5.41) is 0.994. The normalized spacial score (nSPS) is 20.0. The van der Waals surface area contributed by atoms with Crippen LogP contribution in [0.2, 0.25) is 0 Å². The van der Waals surface area contributed by atoms with E-state index in [0.29, 0.717) is 34.0 Å². The van der Waals surface area contributed by atoms with Gasteiger partial charge in [0.05, 0.1) is 21.7 Å². The highest BCUT2D eigenvalue weighted by molar-refractivity contribution is 7.89. The first-order valence-corrected chi connectivity index (χ1v) is 14.6. The summed E-state index contributed by atoms with van der Waals surface area (Å²) < 4.78 is 30.4. The largest absolute Gasteiger partial charge is 0.299 e. The van der Waals surface area contributed by atoms with Crippen LogP contribution in [0.5, 0.6) is 0 Å². The number of fused-ring (bicyclic) bond motifs is 2. The highest BCUT2D eigenvalue weighted by Gasteiger charge is 2.38. The Kier molecular flexibility index (Phi) is 6.54. The topological polar surface area (TPSA) is 86.8 Å². The number of imide groups is 1. The fraction of sp³-hybridized carbons (Fsp3) is 0.226. The van der Waals surface area contributed by atoms with Gasteiger partial charge in [0.2, 0.25) is 10.0 Å². The van der Waals surface area contributed by atoms with Gasteiger partial charge in [0.25, 0.3) is 11.8 Å². The van der Waals surface area contributed by atoms with Crippen molar-refractivity contribution in [2.75, 3.05) is 18.0 Å². The number of anilines is 1. The zero-order valence-electron chi connectivity index (χ0n) is 21.6. The van der Waals surface area contributed by atoms with E-state index in [1.54, 1.807) is 54.6 Å². The maximum Gasteiger partial charge on any atom is 0.266 e. The molecule has 1 N–H and O–H groups in total. The first-order valence-electron chi connectivity index (χ1n) is 13.1. The Morgan fingerprint density at radius 2 is 1.41 bits per heavy atom. The van der Waals surface area contributed by atoms with E-state index in [1.807, 2.05) is 18.2 Å². The molecular weight excluding hydrogens is 510 g/mol. The van der Waals surface area contributed by atoms with E-state index in [-0.39, 0.29) is 16.9 Å². The van der Waals surface area contributed by atoms with Crippen LogP contribution in [0.4, 0.5) is 5.69 Å². The number of likely N-dealkylation sites (tertiary alicyclic amines) is 1. The van der Waals surface area contributed by atoms with Crippen LogP contribution in [0, 0.1) is 5.92 Å². The smallest absolute Gasteiger partial charge is 0.266 e. The highest BCUT2D eigenvalue weighted by Crippen LogP contribution is 2.36. The summed E-state index contributed by atoms with van der Waals surface area (Å²) in [5.74, 6) is -0.697. The molecule has 1 saturated heterocycles. The summed E-state index contributed by atoms with van der Waals surface area (Å²) in [6, 6.07) is 26.9. The van der Waals surface area contributed by atoms with Gasteiger partial charge in [-0.05, 0) is 42.2 Å². The number of nitrogens with zero attached hydrogens (tertiary/aromatic N) is 2. The van der Waals surface area contributed by atoms with Crippen LogP contribution in [0.15, 0.2) is 95.9 Å². The highest BCUT2D eigenvalue weighted by atomic mass is 32.2. The molecule has 0 radical (unpaired) electrons. The third-order valence-corrected chi connectivity index (χ3v) is 9.28. The Labute approximate surface area is 228 Å². The SMILES string of the molecule is C[C@@H]1CN(Cc2ccccc2)CC[C@@H]1NS(=O)(=O)c1ccc(N2C(=O)c3ccccc3C2=O)c2ccccc12. The summed E-state index contributed by atoms with van der Waals surface area (Å²) in [4.78, 5) is 29.9. The quantitative estimate of drug-likeness (QED) is 0.355. The van der Waals surface area contributed by atoms with Gasteiger partial charge in [-0.3, -0.25) is 14.5 Å². The van der Waals surface area contributed by atoms with Gasteiger partial charge in [-0.2, -0.15) is 0 Å². The molecule has 2 atom stereocenters. The van der Waals surface area contributed by atoms with Gasteiger partial charge in [-0.25, -0.2) is 18.0 Å². The Bertz CT molecular complexity index is 1650. The summed E-state index contributed by atoms with van der Waals surface area (Å²) in [6.07, 6.45) is 0.707. The van der Waals surface area contributed by atoms with Crippen LogP contribution >= 0.6 is 0 Å². The first kappa shape index (κ1) is 25.4. The van der Waals surface area contributed by atoms with Crippen molar-refractivity contribution in [1.82, 2.24) is 9.62 Å². The molecule has 8 heteroatoms. The summed E-state index contributed by atoms with van der Waals surface area (Å²) in [7, 11) is -3.87. The van der Waals surface area contributed by atoms with Gasteiger partial charge in [0.15, 0.2) is 0 Å². The van der Waals surface area contributed by atoms with Crippen LogP contribution in [0.1, 0.15) is 39.6 Å². The third kappa shape index (κ3) is 4.65. The number of benzene rings is 4. The van der Waals surface area contributed by atoms with Crippen molar-refractivity contribution in [3.05, 3.63) is 108 Å². The molecule has 0 saturated carbocycles. The molecular formula is C31H29N3O4S. The van der Waals surface area contributed by atoms with Crippen molar-refractivity contribution in [1.29, 1.82) is 0 Å². The van der Waals surface area contributed by atoms with Gasteiger partial charge < -0.3 is 0 Å². The molecule has 39 heavy (non-hydrogen) atoms. The summed E-state index contributed by atoms with van der Waals surface area (Å²) >= 11 is 0. The lowest BCUT2D eigenvalue weighted by Gasteiger charge is -2.37. The number of piperidine rings is 1. The van der Waals surface area contributed by atoms with E-state index >= 15 is 0 Å². The fourth-order valence-corrected chi connectivity index (χ4v) is 7.34. The van der Waals surface area contributed by atoms with Crippen molar-refractivity contribution in [3.63, 3.8) is 0 Å². The number of rotatable bonds is 6. The molecule has 2 heterocycles. The predicted molar refractivity (Wildman–Crippen MR) is 151 cm³/mol. The van der Waals surface area contributed by atoms with Gasteiger partial charge in [-0.1, -0.05) is 73.7 Å². The van der Waals surface area contributed by atoms with Crippen molar-refractivity contribution >= 4 is 38.3 Å². The van der Waals surface area contributed by atoms with Crippen molar-refractivity contribution in [2.45, 2.75) is 30.8 Å². The zero-order chi connectivity index (χ0) is 27.1. The molecule has 2 amide bonds. The zero-order valence-corrected chi connectivity index (χ0v) is 22.4. The van der Waals surface area contributed by atoms with Crippen LogP contribution in [0.3, 0.4) is 0 Å². The molecule has 0 spiro atoms. The van der Waals surface area contributed by atoms with E-state index in [1.165, 1.54) is 11.6 Å². The van der Waals surface area contributed by atoms with E-state index in [0.717, 1.165) is 24.5 Å². The average molecular weight is 540 g/mol. The minimum Gasteiger partial charge on any atom is -0.299 e. The number of hydrogen-bond acceptors (Lipinski definition) is 5. The van der Waals surface area contributed by atoms with Gasteiger partial charge in [0.1, 0.15) is 0 Å². The summed E-state index contributed by atoms with van der Waals surface area (Å²) in [6.45, 7) is 4.51. The lowest BCUT2D eigenvalue weighted by atomic mass is 9.94.